The summed E-state index contributed by atoms with van der Waals surface area (Å²) >= 11 is 12.6. The third kappa shape index (κ3) is 4.16. The standard InChI is InChI=1S/C23H23Cl2NO6/c1-12-6-5-7-13(10-12)18-16(20(28)23(29)26(18)8-9-30-2)19(27)14-11-15(24)22(32-4)17(25)21(14)31-3/h5-7,10-11,18,27H,8-9H2,1-4H3/b19-16+. The van der Waals surface area contributed by atoms with Crippen LogP contribution in [-0.2, 0) is 14.3 Å². The Kier molecular flexibility index (Phi) is 7.33. The average molecular weight is 480 g/mol. The first-order chi connectivity index (χ1) is 15.3. The van der Waals surface area contributed by atoms with E-state index in [0.29, 0.717) is 5.56 Å². The largest absolute Gasteiger partial charge is 0.507 e. The molecule has 1 heterocycles. The van der Waals surface area contributed by atoms with Crippen LogP contribution in [0.3, 0.4) is 0 Å². The molecule has 9 heteroatoms. The first kappa shape index (κ1) is 23.9. The molecule has 1 atom stereocenters. The summed E-state index contributed by atoms with van der Waals surface area (Å²) in [6.45, 7) is 2.29. The summed E-state index contributed by atoms with van der Waals surface area (Å²) in [6.07, 6.45) is 0. The van der Waals surface area contributed by atoms with Gasteiger partial charge in [-0.3, -0.25) is 9.59 Å². The summed E-state index contributed by atoms with van der Waals surface area (Å²) in [4.78, 5) is 27.3. The number of ether oxygens (including phenoxy) is 3. The number of halogens is 2. The van der Waals surface area contributed by atoms with Gasteiger partial charge < -0.3 is 24.2 Å². The number of aryl methyl sites for hydroxylation is 1. The van der Waals surface area contributed by atoms with Crippen molar-refractivity contribution >= 4 is 40.7 Å². The molecule has 3 rings (SSSR count). The minimum absolute atomic E-state index is 0.0322. The van der Waals surface area contributed by atoms with Gasteiger partial charge >= 0.3 is 0 Å². The highest BCUT2D eigenvalue weighted by Gasteiger charge is 2.46. The predicted molar refractivity (Wildman–Crippen MR) is 122 cm³/mol. The van der Waals surface area contributed by atoms with Crippen LogP contribution in [0.4, 0.5) is 0 Å². The number of benzene rings is 2. The Morgan fingerprint density at radius 1 is 1.09 bits per heavy atom. The second-order valence-electron chi connectivity index (χ2n) is 7.19. The maximum Gasteiger partial charge on any atom is 0.295 e. The van der Waals surface area contributed by atoms with E-state index in [1.165, 1.54) is 32.3 Å². The van der Waals surface area contributed by atoms with Gasteiger partial charge in [0.25, 0.3) is 11.7 Å². The molecule has 1 unspecified atom stereocenters. The van der Waals surface area contributed by atoms with Gasteiger partial charge in [0, 0.05) is 13.7 Å². The summed E-state index contributed by atoms with van der Waals surface area (Å²) < 4.78 is 15.7. The van der Waals surface area contributed by atoms with Crippen molar-refractivity contribution in [2.45, 2.75) is 13.0 Å². The first-order valence-electron chi connectivity index (χ1n) is 9.71. The number of aliphatic hydroxyl groups excluding tert-OH is 1. The molecule has 2 aromatic rings. The van der Waals surface area contributed by atoms with Gasteiger partial charge in [-0.1, -0.05) is 53.0 Å². The van der Waals surface area contributed by atoms with Crippen LogP contribution in [0.15, 0.2) is 35.9 Å². The zero-order valence-electron chi connectivity index (χ0n) is 18.1. The normalized spacial score (nSPS) is 17.7. The summed E-state index contributed by atoms with van der Waals surface area (Å²) in [5, 5.41) is 11.4. The molecule has 7 nitrogen and oxygen atoms in total. The summed E-state index contributed by atoms with van der Waals surface area (Å²) in [7, 11) is 4.26. The molecule has 1 saturated heterocycles. The number of likely N-dealkylation sites (tertiary alicyclic amines) is 1. The number of aliphatic hydroxyl groups is 1. The molecular formula is C23H23Cl2NO6. The molecule has 0 aromatic heterocycles. The third-order valence-electron chi connectivity index (χ3n) is 5.23. The fraction of sp³-hybridized carbons (Fsp3) is 0.304. The maximum atomic E-state index is 13.1. The van der Waals surface area contributed by atoms with Gasteiger partial charge in [-0.25, -0.2) is 0 Å². The number of amides is 1. The maximum absolute atomic E-state index is 13.1. The molecule has 0 spiro atoms. The van der Waals surface area contributed by atoms with Crippen LogP contribution < -0.4 is 9.47 Å². The number of methoxy groups -OCH3 is 3. The number of hydrogen-bond donors (Lipinski definition) is 1. The highest BCUT2D eigenvalue weighted by Crippen LogP contribution is 2.47. The van der Waals surface area contributed by atoms with Crippen LogP contribution >= 0.6 is 23.2 Å². The van der Waals surface area contributed by atoms with E-state index in [0.717, 1.165) is 5.56 Å². The van der Waals surface area contributed by atoms with Crippen LogP contribution in [0.25, 0.3) is 5.76 Å². The van der Waals surface area contributed by atoms with E-state index in [4.69, 9.17) is 37.4 Å². The van der Waals surface area contributed by atoms with Crippen molar-refractivity contribution in [1.29, 1.82) is 0 Å². The lowest BCUT2D eigenvalue weighted by Gasteiger charge is -2.25. The topological polar surface area (TPSA) is 85.3 Å². The van der Waals surface area contributed by atoms with Gasteiger partial charge in [-0.2, -0.15) is 0 Å². The number of ketones is 1. The molecule has 1 N–H and O–H groups in total. The van der Waals surface area contributed by atoms with Gasteiger partial charge in [-0.05, 0) is 18.6 Å². The first-order valence-corrected chi connectivity index (χ1v) is 10.5. The number of carbonyl (C=O) groups is 2. The SMILES string of the molecule is COCCN1C(=O)C(=O)/C(=C(/O)c2cc(Cl)c(OC)c(Cl)c2OC)C1c1cccc(C)c1. The highest BCUT2D eigenvalue weighted by atomic mass is 35.5. The number of carbonyl (C=O) groups excluding carboxylic acids is 2. The molecule has 170 valence electrons. The Balaban J connectivity index is 2.29. The Bertz CT molecular complexity index is 1100. The smallest absolute Gasteiger partial charge is 0.295 e. The summed E-state index contributed by atoms with van der Waals surface area (Å²) in [6, 6.07) is 7.93. The van der Waals surface area contributed by atoms with Crippen LogP contribution in [0.1, 0.15) is 22.7 Å². The average Bonchev–Trinajstić information content (AvgIpc) is 3.02. The molecule has 0 saturated carbocycles. The summed E-state index contributed by atoms with van der Waals surface area (Å²) in [5.74, 6) is -1.78. The monoisotopic (exact) mass is 479 g/mol. The van der Waals surface area contributed by atoms with Crippen molar-refractivity contribution in [3.05, 3.63) is 62.6 Å². The van der Waals surface area contributed by atoms with E-state index < -0.39 is 23.5 Å². The van der Waals surface area contributed by atoms with E-state index in [1.807, 2.05) is 25.1 Å². The lowest BCUT2D eigenvalue weighted by molar-refractivity contribution is -0.140. The van der Waals surface area contributed by atoms with E-state index in [2.05, 4.69) is 0 Å². The van der Waals surface area contributed by atoms with Crippen molar-refractivity contribution in [3.63, 3.8) is 0 Å². The number of Topliss-reactive ketones (excluding diaryl/α,β-unsaturated/α-hetero) is 1. The van der Waals surface area contributed by atoms with Crippen LogP contribution in [0.5, 0.6) is 11.5 Å². The van der Waals surface area contributed by atoms with Gasteiger partial charge in [0.2, 0.25) is 0 Å². The van der Waals surface area contributed by atoms with Crippen molar-refractivity contribution in [3.8, 4) is 11.5 Å². The molecule has 32 heavy (non-hydrogen) atoms. The van der Waals surface area contributed by atoms with Crippen molar-refractivity contribution < 1.29 is 28.9 Å². The number of rotatable bonds is 7. The Hall–Kier alpha value is -2.74. The molecule has 1 aliphatic heterocycles. The Morgan fingerprint density at radius 2 is 1.78 bits per heavy atom. The van der Waals surface area contributed by atoms with Crippen LogP contribution in [0, 0.1) is 6.92 Å². The van der Waals surface area contributed by atoms with Crippen LogP contribution in [0.2, 0.25) is 10.0 Å². The van der Waals surface area contributed by atoms with Crippen molar-refractivity contribution in [1.82, 2.24) is 4.90 Å². The van der Waals surface area contributed by atoms with Gasteiger partial charge in [0.05, 0.1) is 43.0 Å². The molecule has 1 aliphatic rings. The molecular weight excluding hydrogens is 457 g/mol. The third-order valence-corrected chi connectivity index (χ3v) is 5.85. The lowest BCUT2D eigenvalue weighted by atomic mass is 9.94. The molecule has 1 fully saturated rings. The van der Waals surface area contributed by atoms with Gasteiger partial charge in [0.1, 0.15) is 10.8 Å². The molecule has 0 bridgehead atoms. The minimum atomic E-state index is -0.825. The Morgan fingerprint density at radius 3 is 2.38 bits per heavy atom. The second kappa shape index (κ2) is 9.81. The van der Waals surface area contributed by atoms with E-state index in [9.17, 15) is 14.7 Å². The zero-order valence-corrected chi connectivity index (χ0v) is 19.6. The quantitative estimate of drug-likeness (QED) is 0.360. The fourth-order valence-electron chi connectivity index (χ4n) is 3.78. The number of nitrogens with zero attached hydrogens (tertiary/aromatic N) is 1. The molecule has 0 radical (unpaired) electrons. The zero-order chi connectivity index (χ0) is 23.6. The van der Waals surface area contributed by atoms with Crippen molar-refractivity contribution in [2.75, 3.05) is 34.5 Å². The molecule has 1 amide bonds. The highest BCUT2D eigenvalue weighted by molar-refractivity contribution is 6.47. The minimum Gasteiger partial charge on any atom is -0.507 e. The van der Waals surface area contributed by atoms with E-state index in [-0.39, 0.29) is 45.8 Å². The van der Waals surface area contributed by atoms with Gasteiger partial charge in [0.15, 0.2) is 11.5 Å². The van der Waals surface area contributed by atoms with Crippen LogP contribution in [-0.4, -0.2) is 56.2 Å². The number of hydrogen-bond acceptors (Lipinski definition) is 6. The fourth-order valence-corrected chi connectivity index (χ4v) is 4.47. The molecule has 2 aromatic carbocycles. The van der Waals surface area contributed by atoms with E-state index in [1.54, 1.807) is 6.07 Å². The lowest BCUT2D eigenvalue weighted by Crippen LogP contribution is -2.32. The van der Waals surface area contributed by atoms with Crippen molar-refractivity contribution in [2.24, 2.45) is 0 Å². The predicted octanol–water partition coefficient (Wildman–Crippen LogP) is 4.39. The van der Waals surface area contributed by atoms with E-state index >= 15 is 0 Å². The molecule has 0 aliphatic carbocycles. The second-order valence-corrected chi connectivity index (χ2v) is 7.97. The Labute approximate surface area is 196 Å². The van der Waals surface area contributed by atoms with Gasteiger partial charge in [-0.15, -0.1) is 0 Å². The summed E-state index contributed by atoms with van der Waals surface area (Å²) in [5.41, 5.74) is 1.59.